The molecule has 3 aromatic rings. The lowest BCUT2D eigenvalue weighted by molar-refractivity contribution is 0.102. The normalized spacial score (nSPS) is 10.5. The van der Waals surface area contributed by atoms with Crippen LogP contribution in [0, 0.1) is 5.82 Å². The van der Waals surface area contributed by atoms with Crippen molar-refractivity contribution in [3.63, 3.8) is 0 Å². The summed E-state index contributed by atoms with van der Waals surface area (Å²) >= 11 is 1.30. The maximum atomic E-state index is 13.0. The second kappa shape index (κ2) is 8.64. The number of carbonyl (C=O) groups excluding carboxylic acids is 1. The highest BCUT2D eigenvalue weighted by molar-refractivity contribution is 7.14. The molecule has 0 aliphatic carbocycles. The first-order chi connectivity index (χ1) is 13.1. The van der Waals surface area contributed by atoms with Crippen molar-refractivity contribution in [2.75, 3.05) is 18.5 Å². The SMILES string of the molecule is CCOc1ccc(C(=O)Nc2nc(-c3ccc(F)cc3)cs2)cc1OCC. The molecule has 0 saturated heterocycles. The molecular weight excluding hydrogens is 367 g/mol. The summed E-state index contributed by atoms with van der Waals surface area (Å²) in [5.41, 5.74) is 1.91. The molecule has 5 nitrogen and oxygen atoms in total. The molecule has 0 spiro atoms. The van der Waals surface area contributed by atoms with Gasteiger partial charge in [0, 0.05) is 16.5 Å². The van der Waals surface area contributed by atoms with Crippen molar-refractivity contribution < 1.29 is 18.7 Å². The number of carbonyl (C=O) groups is 1. The number of aromatic nitrogens is 1. The molecular formula is C20H19FN2O3S. The Morgan fingerprint density at radius 1 is 1.07 bits per heavy atom. The number of amides is 1. The lowest BCUT2D eigenvalue weighted by Gasteiger charge is -2.12. The molecule has 140 valence electrons. The van der Waals surface area contributed by atoms with Crippen molar-refractivity contribution in [2.45, 2.75) is 13.8 Å². The van der Waals surface area contributed by atoms with Gasteiger partial charge in [0.15, 0.2) is 16.6 Å². The van der Waals surface area contributed by atoms with Crippen LogP contribution in [-0.4, -0.2) is 24.1 Å². The van der Waals surface area contributed by atoms with Crippen LogP contribution in [0.1, 0.15) is 24.2 Å². The molecule has 0 fully saturated rings. The summed E-state index contributed by atoms with van der Waals surface area (Å²) in [5.74, 6) is 0.531. The molecule has 1 aromatic heterocycles. The minimum Gasteiger partial charge on any atom is -0.490 e. The number of hydrogen-bond donors (Lipinski definition) is 1. The second-order valence-corrected chi connectivity index (χ2v) is 6.38. The van der Waals surface area contributed by atoms with E-state index in [-0.39, 0.29) is 11.7 Å². The Hall–Kier alpha value is -2.93. The van der Waals surface area contributed by atoms with Gasteiger partial charge in [0.2, 0.25) is 0 Å². The summed E-state index contributed by atoms with van der Waals surface area (Å²) in [7, 11) is 0. The van der Waals surface area contributed by atoms with Crippen molar-refractivity contribution in [2.24, 2.45) is 0 Å². The molecule has 0 unspecified atom stereocenters. The molecule has 27 heavy (non-hydrogen) atoms. The van der Waals surface area contributed by atoms with Crippen LogP contribution < -0.4 is 14.8 Å². The van der Waals surface area contributed by atoms with Gasteiger partial charge in [-0.25, -0.2) is 9.37 Å². The predicted octanol–water partition coefficient (Wildman–Crippen LogP) is 5.00. The van der Waals surface area contributed by atoms with E-state index in [1.807, 2.05) is 19.2 Å². The highest BCUT2D eigenvalue weighted by Crippen LogP contribution is 2.30. The van der Waals surface area contributed by atoms with Crippen LogP contribution in [0.15, 0.2) is 47.8 Å². The van der Waals surface area contributed by atoms with E-state index < -0.39 is 0 Å². The first-order valence-corrected chi connectivity index (χ1v) is 9.41. The second-order valence-electron chi connectivity index (χ2n) is 5.53. The Bertz CT molecular complexity index is 925. The standard InChI is InChI=1S/C20H19FN2O3S/c1-3-25-17-10-7-14(11-18(17)26-4-2)19(24)23-20-22-16(12-27-20)13-5-8-15(21)9-6-13/h5-12H,3-4H2,1-2H3,(H,22,23,24). The van der Waals surface area contributed by atoms with E-state index in [9.17, 15) is 9.18 Å². The van der Waals surface area contributed by atoms with Crippen LogP contribution in [-0.2, 0) is 0 Å². The fraction of sp³-hybridized carbons (Fsp3) is 0.200. The number of benzene rings is 2. The van der Waals surface area contributed by atoms with Crippen molar-refractivity contribution in [3.8, 4) is 22.8 Å². The summed E-state index contributed by atoms with van der Waals surface area (Å²) < 4.78 is 24.1. The maximum absolute atomic E-state index is 13.0. The van der Waals surface area contributed by atoms with Crippen LogP contribution in [0.2, 0.25) is 0 Å². The van der Waals surface area contributed by atoms with Gasteiger partial charge >= 0.3 is 0 Å². The van der Waals surface area contributed by atoms with Crippen LogP contribution in [0.25, 0.3) is 11.3 Å². The molecule has 1 amide bonds. The number of ether oxygens (including phenoxy) is 2. The van der Waals surface area contributed by atoms with Gasteiger partial charge in [-0.2, -0.15) is 0 Å². The minimum atomic E-state index is -0.303. The lowest BCUT2D eigenvalue weighted by Crippen LogP contribution is -2.12. The fourth-order valence-corrected chi connectivity index (χ4v) is 3.16. The fourth-order valence-electron chi connectivity index (χ4n) is 2.45. The molecule has 2 aromatic carbocycles. The molecule has 0 bridgehead atoms. The highest BCUT2D eigenvalue weighted by atomic mass is 32.1. The zero-order valence-corrected chi connectivity index (χ0v) is 15.8. The van der Waals surface area contributed by atoms with E-state index in [1.54, 1.807) is 30.3 Å². The molecule has 0 radical (unpaired) electrons. The molecule has 0 aliphatic heterocycles. The summed E-state index contributed by atoms with van der Waals surface area (Å²) in [6.07, 6.45) is 0. The lowest BCUT2D eigenvalue weighted by atomic mass is 10.2. The van der Waals surface area contributed by atoms with E-state index in [0.29, 0.717) is 41.1 Å². The smallest absolute Gasteiger partial charge is 0.257 e. The van der Waals surface area contributed by atoms with E-state index in [2.05, 4.69) is 10.3 Å². The van der Waals surface area contributed by atoms with Gasteiger partial charge in [-0.1, -0.05) is 0 Å². The Kier molecular flexibility index (Phi) is 6.03. The zero-order valence-electron chi connectivity index (χ0n) is 15.0. The Labute approximate surface area is 160 Å². The van der Waals surface area contributed by atoms with Crippen LogP contribution >= 0.6 is 11.3 Å². The molecule has 1 N–H and O–H groups in total. The summed E-state index contributed by atoms with van der Waals surface area (Å²) in [6, 6.07) is 11.1. The Morgan fingerprint density at radius 3 is 2.48 bits per heavy atom. The quantitative estimate of drug-likeness (QED) is 0.621. The Balaban J connectivity index is 1.75. The molecule has 0 saturated carbocycles. The summed E-state index contributed by atoms with van der Waals surface area (Å²) in [6.45, 7) is 4.74. The van der Waals surface area contributed by atoms with Crippen LogP contribution in [0.5, 0.6) is 11.5 Å². The third-order valence-electron chi connectivity index (χ3n) is 3.67. The number of thiazole rings is 1. The summed E-state index contributed by atoms with van der Waals surface area (Å²) in [5, 5.41) is 5.05. The number of rotatable bonds is 7. The number of halogens is 1. The van der Waals surface area contributed by atoms with Gasteiger partial charge in [0.1, 0.15) is 5.82 Å². The number of anilines is 1. The molecule has 0 aliphatic rings. The van der Waals surface area contributed by atoms with Gasteiger partial charge in [0.05, 0.1) is 18.9 Å². The van der Waals surface area contributed by atoms with Crippen molar-refractivity contribution in [3.05, 3.63) is 59.2 Å². The van der Waals surface area contributed by atoms with Crippen LogP contribution in [0.3, 0.4) is 0 Å². The number of hydrogen-bond acceptors (Lipinski definition) is 5. The molecule has 7 heteroatoms. The van der Waals surface area contributed by atoms with Crippen molar-refractivity contribution in [1.82, 2.24) is 4.98 Å². The third kappa shape index (κ3) is 4.62. The number of nitrogens with zero attached hydrogens (tertiary/aromatic N) is 1. The average Bonchev–Trinajstić information content (AvgIpc) is 3.12. The van der Waals surface area contributed by atoms with Gasteiger partial charge in [-0.3, -0.25) is 10.1 Å². The first kappa shape index (κ1) is 18.8. The zero-order chi connectivity index (χ0) is 19.2. The largest absolute Gasteiger partial charge is 0.490 e. The average molecular weight is 386 g/mol. The number of nitrogens with one attached hydrogen (secondary N) is 1. The third-order valence-corrected chi connectivity index (χ3v) is 4.43. The highest BCUT2D eigenvalue weighted by Gasteiger charge is 2.14. The summed E-state index contributed by atoms with van der Waals surface area (Å²) in [4.78, 5) is 16.9. The van der Waals surface area contributed by atoms with Gasteiger partial charge in [-0.15, -0.1) is 11.3 Å². The van der Waals surface area contributed by atoms with Gasteiger partial charge in [0.25, 0.3) is 5.91 Å². The predicted molar refractivity (Wildman–Crippen MR) is 104 cm³/mol. The van der Waals surface area contributed by atoms with Crippen molar-refractivity contribution >= 4 is 22.4 Å². The van der Waals surface area contributed by atoms with E-state index in [1.165, 1.54) is 23.5 Å². The van der Waals surface area contributed by atoms with Crippen molar-refractivity contribution in [1.29, 1.82) is 0 Å². The molecule has 3 rings (SSSR count). The van der Waals surface area contributed by atoms with E-state index in [0.717, 1.165) is 5.56 Å². The maximum Gasteiger partial charge on any atom is 0.257 e. The van der Waals surface area contributed by atoms with E-state index in [4.69, 9.17) is 9.47 Å². The monoisotopic (exact) mass is 386 g/mol. The molecule has 0 atom stereocenters. The van der Waals surface area contributed by atoms with Gasteiger partial charge < -0.3 is 9.47 Å². The Morgan fingerprint density at radius 2 is 1.78 bits per heavy atom. The van der Waals surface area contributed by atoms with Crippen LogP contribution in [0.4, 0.5) is 9.52 Å². The topological polar surface area (TPSA) is 60.5 Å². The first-order valence-electron chi connectivity index (χ1n) is 8.53. The van der Waals surface area contributed by atoms with Gasteiger partial charge in [-0.05, 0) is 56.3 Å². The van der Waals surface area contributed by atoms with E-state index >= 15 is 0 Å². The molecule has 1 heterocycles. The minimum absolute atomic E-state index is 0.293.